The maximum Gasteiger partial charge on any atom is -0.00235 e. The van der Waals surface area contributed by atoms with Gasteiger partial charge in [-0.25, -0.2) is 0 Å². The first-order valence-electron chi connectivity index (χ1n) is 2.02. The Bertz CT molecular complexity index is 103. The summed E-state index contributed by atoms with van der Waals surface area (Å²) in [6.45, 7) is 1.82. The van der Waals surface area contributed by atoms with Crippen LogP contribution in [-0.2, 0) is 0 Å². The normalized spacial score (nSPS) is 8.29. The van der Waals surface area contributed by atoms with Crippen LogP contribution in [0, 0.1) is 11.8 Å². The van der Waals surface area contributed by atoms with Crippen molar-refractivity contribution in [3.05, 3.63) is 11.5 Å². The zero-order valence-corrected chi connectivity index (χ0v) is 5.38. The van der Waals surface area contributed by atoms with Gasteiger partial charge < -0.3 is 0 Å². The predicted octanol–water partition coefficient (Wildman–Crippen LogP) is 1.89. The van der Waals surface area contributed by atoms with E-state index in [1.54, 1.807) is 11.8 Å². The van der Waals surface area contributed by atoms with E-state index in [1.165, 1.54) is 0 Å². The van der Waals surface area contributed by atoms with Crippen molar-refractivity contribution in [2.24, 2.45) is 0 Å². The second kappa shape index (κ2) is 5.65. The van der Waals surface area contributed by atoms with E-state index < -0.39 is 0 Å². The van der Waals surface area contributed by atoms with Crippen molar-refractivity contribution >= 4 is 11.8 Å². The van der Waals surface area contributed by atoms with Crippen molar-refractivity contribution in [3.8, 4) is 11.8 Å². The van der Waals surface area contributed by atoms with Crippen molar-refractivity contribution in [1.82, 2.24) is 0 Å². The molecule has 0 saturated carbocycles. The van der Waals surface area contributed by atoms with Gasteiger partial charge in [-0.1, -0.05) is 5.92 Å². The lowest BCUT2D eigenvalue weighted by Gasteiger charge is -1.67. The Morgan fingerprint density at radius 3 is 2.71 bits per heavy atom. The third-order valence-corrected chi connectivity index (χ3v) is 0.840. The molecule has 0 aliphatic rings. The van der Waals surface area contributed by atoms with Gasteiger partial charge in [0.25, 0.3) is 0 Å². The van der Waals surface area contributed by atoms with Crippen LogP contribution in [-0.4, -0.2) is 6.26 Å². The standard InChI is InChI=1S/C6H8S/c1-3-4-5-6-7-2/h5-6H,1-2H3/b6-5+. The molecule has 7 heavy (non-hydrogen) atoms. The van der Waals surface area contributed by atoms with E-state index >= 15 is 0 Å². The van der Waals surface area contributed by atoms with Crippen molar-refractivity contribution in [1.29, 1.82) is 0 Å². The van der Waals surface area contributed by atoms with Crippen LogP contribution in [0.5, 0.6) is 0 Å². The molecule has 0 rings (SSSR count). The molecule has 0 amide bonds. The van der Waals surface area contributed by atoms with Crippen molar-refractivity contribution < 1.29 is 0 Å². The van der Waals surface area contributed by atoms with E-state index in [0.717, 1.165) is 0 Å². The van der Waals surface area contributed by atoms with Crippen LogP contribution < -0.4 is 0 Å². The van der Waals surface area contributed by atoms with Crippen LogP contribution in [0.25, 0.3) is 0 Å². The molecule has 0 radical (unpaired) electrons. The third-order valence-electron chi connectivity index (χ3n) is 0.432. The van der Waals surface area contributed by atoms with Gasteiger partial charge in [0.2, 0.25) is 0 Å². The number of allylic oxidation sites excluding steroid dienone is 1. The molecule has 0 spiro atoms. The summed E-state index contributed by atoms with van der Waals surface area (Å²) in [5, 5.41) is 1.95. The summed E-state index contributed by atoms with van der Waals surface area (Å²) in [5.41, 5.74) is 0. The Morgan fingerprint density at radius 2 is 2.29 bits per heavy atom. The first-order chi connectivity index (χ1) is 3.41. The molecule has 0 nitrogen and oxygen atoms in total. The van der Waals surface area contributed by atoms with Crippen molar-refractivity contribution in [2.45, 2.75) is 6.92 Å². The Labute approximate surface area is 49.0 Å². The highest BCUT2D eigenvalue weighted by Gasteiger charge is 1.56. The summed E-state index contributed by atoms with van der Waals surface area (Å²) < 4.78 is 0. The molecule has 38 valence electrons. The number of hydrogen-bond acceptors (Lipinski definition) is 1. The maximum atomic E-state index is 2.80. The van der Waals surface area contributed by atoms with Crippen LogP contribution in [0.2, 0.25) is 0 Å². The molecule has 0 saturated heterocycles. The van der Waals surface area contributed by atoms with Crippen molar-refractivity contribution in [2.75, 3.05) is 6.26 Å². The molecule has 0 aromatic heterocycles. The van der Waals surface area contributed by atoms with Crippen LogP contribution in [0.4, 0.5) is 0 Å². The Morgan fingerprint density at radius 1 is 1.57 bits per heavy atom. The predicted molar refractivity (Wildman–Crippen MR) is 36.1 cm³/mol. The molecule has 0 atom stereocenters. The fourth-order valence-corrected chi connectivity index (χ4v) is 0.390. The topological polar surface area (TPSA) is 0 Å². The molecular weight excluding hydrogens is 104 g/mol. The highest BCUT2D eigenvalue weighted by Crippen LogP contribution is 1.90. The molecule has 0 bridgehead atoms. The van der Waals surface area contributed by atoms with Gasteiger partial charge in [0, 0.05) is 0 Å². The summed E-state index contributed by atoms with van der Waals surface area (Å²) in [5.74, 6) is 5.55. The molecular formula is C6H8S. The minimum atomic E-state index is 1.66. The summed E-state index contributed by atoms with van der Waals surface area (Å²) in [6, 6.07) is 0. The van der Waals surface area contributed by atoms with Gasteiger partial charge in [0.15, 0.2) is 0 Å². The summed E-state index contributed by atoms with van der Waals surface area (Å²) in [7, 11) is 0. The molecule has 0 fully saturated rings. The SMILES string of the molecule is CC#C/C=C/SC. The summed E-state index contributed by atoms with van der Waals surface area (Å²) in [6.07, 6.45) is 3.85. The third kappa shape index (κ3) is 5.65. The van der Waals surface area contributed by atoms with E-state index in [0.29, 0.717) is 0 Å². The highest BCUT2D eigenvalue weighted by atomic mass is 32.2. The van der Waals surface area contributed by atoms with E-state index in [-0.39, 0.29) is 0 Å². The number of rotatable bonds is 1. The van der Waals surface area contributed by atoms with E-state index in [1.807, 2.05) is 24.7 Å². The lowest BCUT2D eigenvalue weighted by atomic mass is 10.6. The molecule has 0 aliphatic heterocycles. The van der Waals surface area contributed by atoms with Gasteiger partial charge in [-0.15, -0.1) is 17.7 Å². The first-order valence-corrected chi connectivity index (χ1v) is 3.30. The van der Waals surface area contributed by atoms with Gasteiger partial charge in [-0.05, 0) is 24.7 Å². The molecule has 1 heteroatoms. The molecule has 0 aromatic rings. The summed E-state index contributed by atoms with van der Waals surface area (Å²) in [4.78, 5) is 0. The van der Waals surface area contributed by atoms with Gasteiger partial charge in [-0.3, -0.25) is 0 Å². The number of thioether (sulfide) groups is 1. The zero-order chi connectivity index (χ0) is 5.54. The molecule has 0 heterocycles. The van der Waals surface area contributed by atoms with Crippen molar-refractivity contribution in [3.63, 3.8) is 0 Å². The average molecular weight is 112 g/mol. The maximum absolute atomic E-state index is 2.80. The van der Waals surface area contributed by atoms with E-state index in [4.69, 9.17) is 0 Å². The van der Waals surface area contributed by atoms with Crippen LogP contribution in [0.3, 0.4) is 0 Å². The van der Waals surface area contributed by atoms with Gasteiger partial charge >= 0.3 is 0 Å². The zero-order valence-electron chi connectivity index (χ0n) is 4.56. The second-order valence-electron chi connectivity index (χ2n) is 0.933. The first kappa shape index (κ1) is 6.65. The Hall–Kier alpha value is -0.350. The largest absolute Gasteiger partial charge is 0.137 e. The lowest BCUT2D eigenvalue weighted by Crippen LogP contribution is -1.44. The molecule has 0 unspecified atom stereocenters. The lowest BCUT2D eigenvalue weighted by molar-refractivity contribution is 1.91. The fraction of sp³-hybridized carbons (Fsp3) is 0.333. The second-order valence-corrected chi connectivity index (χ2v) is 1.68. The van der Waals surface area contributed by atoms with Crippen LogP contribution >= 0.6 is 11.8 Å². The number of hydrogen-bond donors (Lipinski definition) is 0. The quantitative estimate of drug-likeness (QED) is 0.467. The highest BCUT2D eigenvalue weighted by molar-refractivity contribution is 8.01. The molecule has 0 aromatic carbocycles. The minimum absolute atomic E-state index is 1.66. The molecule has 0 aliphatic carbocycles. The minimum Gasteiger partial charge on any atom is -0.137 e. The van der Waals surface area contributed by atoms with E-state index in [9.17, 15) is 0 Å². The average Bonchev–Trinajstić information content (AvgIpc) is 1.69. The molecule has 0 N–H and O–H groups in total. The Balaban J connectivity index is 3.21. The van der Waals surface area contributed by atoms with Crippen LogP contribution in [0.1, 0.15) is 6.92 Å². The van der Waals surface area contributed by atoms with Gasteiger partial charge in [0.1, 0.15) is 0 Å². The van der Waals surface area contributed by atoms with Crippen LogP contribution in [0.15, 0.2) is 11.5 Å². The Kier molecular flexibility index (Phi) is 5.37. The monoisotopic (exact) mass is 112 g/mol. The van der Waals surface area contributed by atoms with E-state index in [2.05, 4.69) is 11.8 Å². The smallest absolute Gasteiger partial charge is 0.00235 e. The summed E-state index contributed by atoms with van der Waals surface area (Å²) >= 11 is 1.66. The van der Waals surface area contributed by atoms with Gasteiger partial charge in [-0.2, -0.15) is 0 Å². The van der Waals surface area contributed by atoms with Gasteiger partial charge in [0.05, 0.1) is 0 Å². The fourth-order valence-electron chi connectivity index (χ4n) is 0.185.